The van der Waals surface area contributed by atoms with Gasteiger partial charge in [0.25, 0.3) is 0 Å². The van der Waals surface area contributed by atoms with Gasteiger partial charge in [-0.2, -0.15) is 0 Å². The molecule has 1 aromatic heterocycles. The van der Waals surface area contributed by atoms with E-state index in [2.05, 4.69) is 14.9 Å². The largest absolute Gasteiger partial charge is 0.498 e. The molecule has 1 aliphatic carbocycles. The lowest BCUT2D eigenvalue weighted by molar-refractivity contribution is -0.127. The highest BCUT2D eigenvalue weighted by Crippen LogP contribution is 2.37. The third kappa shape index (κ3) is 3.62. The SMILES string of the molecule is CC1(C)OB(c2cnc(N(C3CC3)C3CCN(C(=O)CCl)C3)nc2)OC1(C)C. The number of likely N-dealkylation sites (tertiary alicyclic amines) is 1. The van der Waals surface area contributed by atoms with Gasteiger partial charge in [-0.05, 0) is 47.0 Å². The van der Waals surface area contributed by atoms with E-state index in [1.54, 1.807) is 12.4 Å². The van der Waals surface area contributed by atoms with Gasteiger partial charge in [-0.25, -0.2) is 9.97 Å². The number of hydrogen-bond acceptors (Lipinski definition) is 6. The fourth-order valence-corrected chi connectivity index (χ4v) is 3.99. The molecule has 2 saturated heterocycles. The van der Waals surface area contributed by atoms with Gasteiger partial charge in [0.05, 0.1) is 17.2 Å². The fourth-order valence-electron chi connectivity index (χ4n) is 3.82. The van der Waals surface area contributed by atoms with Gasteiger partial charge < -0.3 is 19.1 Å². The van der Waals surface area contributed by atoms with Crippen molar-refractivity contribution in [1.29, 1.82) is 0 Å². The summed E-state index contributed by atoms with van der Waals surface area (Å²) in [5, 5.41) is 0. The molecule has 152 valence electrons. The molecule has 7 nitrogen and oxygen atoms in total. The van der Waals surface area contributed by atoms with Crippen molar-refractivity contribution in [2.24, 2.45) is 0 Å². The van der Waals surface area contributed by atoms with Gasteiger partial charge in [0.2, 0.25) is 11.9 Å². The Kier molecular flexibility index (Phi) is 5.09. The number of carbonyl (C=O) groups is 1. The molecular formula is C19H28BClN4O3. The van der Waals surface area contributed by atoms with Crippen LogP contribution >= 0.6 is 11.6 Å². The van der Waals surface area contributed by atoms with Crippen LogP contribution in [0.3, 0.4) is 0 Å². The zero-order valence-electron chi connectivity index (χ0n) is 17.0. The highest BCUT2D eigenvalue weighted by molar-refractivity contribution is 6.61. The minimum atomic E-state index is -0.461. The number of amides is 1. The topological polar surface area (TPSA) is 67.8 Å². The minimum absolute atomic E-state index is 0.00283. The number of anilines is 1. The second-order valence-corrected chi connectivity index (χ2v) is 9.23. The molecular weight excluding hydrogens is 378 g/mol. The van der Waals surface area contributed by atoms with Crippen LogP contribution in [0.5, 0.6) is 0 Å². The summed E-state index contributed by atoms with van der Waals surface area (Å²) in [4.78, 5) is 25.3. The Bertz CT molecular complexity index is 725. The summed E-state index contributed by atoms with van der Waals surface area (Å²) < 4.78 is 12.2. The van der Waals surface area contributed by atoms with Crippen LogP contribution in [0, 0.1) is 0 Å². The van der Waals surface area contributed by atoms with Gasteiger partial charge >= 0.3 is 7.12 Å². The van der Waals surface area contributed by atoms with Crippen molar-refractivity contribution < 1.29 is 14.1 Å². The lowest BCUT2D eigenvalue weighted by Crippen LogP contribution is -2.42. The summed E-state index contributed by atoms with van der Waals surface area (Å²) >= 11 is 5.72. The van der Waals surface area contributed by atoms with E-state index >= 15 is 0 Å². The lowest BCUT2D eigenvalue weighted by Gasteiger charge is -2.32. The van der Waals surface area contributed by atoms with Gasteiger partial charge in [0.1, 0.15) is 5.88 Å². The number of nitrogens with zero attached hydrogens (tertiary/aromatic N) is 4. The van der Waals surface area contributed by atoms with Gasteiger partial charge in [0, 0.05) is 37.0 Å². The normalized spacial score (nSPS) is 26.0. The zero-order valence-corrected chi connectivity index (χ0v) is 17.8. The van der Waals surface area contributed by atoms with E-state index < -0.39 is 18.3 Å². The van der Waals surface area contributed by atoms with Gasteiger partial charge in [-0.1, -0.05) is 0 Å². The van der Waals surface area contributed by atoms with E-state index in [9.17, 15) is 4.79 Å². The summed E-state index contributed by atoms with van der Waals surface area (Å²) in [6.07, 6.45) is 6.80. The Labute approximate surface area is 171 Å². The molecule has 1 unspecified atom stereocenters. The summed E-state index contributed by atoms with van der Waals surface area (Å²) in [5.41, 5.74) is 0.0422. The number of rotatable bonds is 5. The molecule has 3 fully saturated rings. The quantitative estimate of drug-likeness (QED) is 0.546. The van der Waals surface area contributed by atoms with Crippen LogP contribution in [0.15, 0.2) is 12.4 Å². The Morgan fingerprint density at radius 1 is 1.18 bits per heavy atom. The van der Waals surface area contributed by atoms with Crippen LogP contribution in [0.4, 0.5) is 5.95 Å². The lowest BCUT2D eigenvalue weighted by atomic mass is 9.81. The number of carbonyl (C=O) groups excluding carboxylic acids is 1. The fraction of sp³-hybridized carbons (Fsp3) is 0.737. The number of halogens is 1. The molecule has 0 spiro atoms. The Balaban J connectivity index is 1.49. The van der Waals surface area contributed by atoms with Crippen molar-refractivity contribution in [2.75, 3.05) is 23.9 Å². The van der Waals surface area contributed by atoms with Gasteiger partial charge in [-0.3, -0.25) is 4.79 Å². The molecule has 9 heteroatoms. The van der Waals surface area contributed by atoms with Crippen molar-refractivity contribution in [2.45, 2.75) is 70.2 Å². The van der Waals surface area contributed by atoms with Crippen LogP contribution in [-0.4, -0.2) is 70.1 Å². The van der Waals surface area contributed by atoms with Gasteiger partial charge in [-0.15, -0.1) is 11.6 Å². The molecule has 1 saturated carbocycles. The van der Waals surface area contributed by atoms with Crippen molar-refractivity contribution >= 4 is 36.0 Å². The third-order valence-corrected chi connectivity index (χ3v) is 6.61. The van der Waals surface area contributed by atoms with Crippen LogP contribution in [-0.2, 0) is 14.1 Å². The Hall–Kier alpha value is -1.38. The summed E-state index contributed by atoms with van der Waals surface area (Å²) in [7, 11) is -0.461. The second kappa shape index (κ2) is 7.15. The molecule has 28 heavy (non-hydrogen) atoms. The molecule has 0 radical (unpaired) electrons. The second-order valence-electron chi connectivity index (χ2n) is 8.96. The molecule has 0 N–H and O–H groups in total. The monoisotopic (exact) mass is 406 g/mol. The van der Waals surface area contributed by atoms with Crippen LogP contribution < -0.4 is 10.4 Å². The van der Waals surface area contributed by atoms with E-state index in [-0.39, 0.29) is 17.8 Å². The predicted octanol–water partition coefficient (Wildman–Crippen LogP) is 1.58. The highest BCUT2D eigenvalue weighted by atomic mass is 35.5. The van der Waals surface area contributed by atoms with E-state index in [0.29, 0.717) is 18.5 Å². The predicted molar refractivity (Wildman–Crippen MR) is 109 cm³/mol. The van der Waals surface area contributed by atoms with Gasteiger partial charge in [0.15, 0.2) is 0 Å². The van der Waals surface area contributed by atoms with E-state index in [1.807, 2.05) is 32.6 Å². The van der Waals surface area contributed by atoms with Crippen LogP contribution in [0.2, 0.25) is 0 Å². The van der Waals surface area contributed by atoms with E-state index in [0.717, 1.165) is 31.3 Å². The molecule has 2 aliphatic heterocycles. The number of hydrogen-bond donors (Lipinski definition) is 0. The first-order valence-corrected chi connectivity index (χ1v) is 10.5. The standard InChI is InChI=1S/C19H28BClN4O3/c1-18(2)19(3,4)28-20(27-18)13-10-22-17(23-11-13)25(14-5-6-14)15-7-8-24(12-15)16(26)9-21/h10-11,14-15H,5-9,12H2,1-4H3. The molecule has 0 bridgehead atoms. The maximum Gasteiger partial charge on any atom is 0.498 e. The minimum Gasteiger partial charge on any atom is -0.399 e. The number of alkyl halides is 1. The highest BCUT2D eigenvalue weighted by Gasteiger charge is 2.52. The van der Waals surface area contributed by atoms with E-state index in [1.165, 1.54) is 0 Å². The first-order chi connectivity index (χ1) is 13.2. The molecule has 3 aliphatic rings. The Morgan fingerprint density at radius 3 is 2.32 bits per heavy atom. The molecule has 1 amide bonds. The van der Waals surface area contributed by atoms with Crippen LogP contribution in [0.25, 0.3) is 0 Å². The van der Waals surface area contributed by atoms with Crippen molar-refractivity contribution in [1.82, 2.24) is 14.9 Å². The first kappa shape index (κ1) is 19.9. The van der Waals surface area contributed by atoms with Crippen molar-refractivity contribution in [3.63, 3.8) is 0 Å². The summed E-state index contributed by atoms with van der Waals surface area (Å²) in [6, 6.07) is 0.695. The van der Waals surface area contributed by atoms with Crippen molar-refractivity contribution in [3.05, 3.63) is 12.4 Å². The molecule has 3 heterocycles. The maximum absolute atomic E-state index is 11.9. The molecule has 4 rings (SSSR count). The molecule has 1 aromatic rings. The van der Waals surface area contributed by atoms with Crippen LogP contribution in [0.1, 0.15) is 47.0 Å². The smallest absolute Gasteiger partial charge is 0.399 e. The first-order valence-electron chi connectivity index (χ1n) is 10.0. The number of aromatic nitrogens is 2. The maximum atomic E-state index is 11.9. The molecule has 0 aromatic carbocycles. The summed E-state index contributed by atoms with van der Waals surface area (Å²) in [6.45, 7) is 9.56. The zero-order chi connectivity index (χ0) is 20.1. The summed E-state index contributed by atoms with van der Waals surface area (Å²) in [5.74, 6) is 0.750. The average molecular weight is 407 g/mol. The molecule has 1 atom stereocenters. The van der Waals surface area contributed by atoms with Crippen molar-refractivity contribution in [3.8, 4) is 0 Å². The van der Waals surface area contributed by atoms with E-state index in [4.69, 9.17) is 20.9 Å². The third-order valence-electron chi connectivity index (χ3n) is 6.38. The average Bonchev–Trinajstić information content (AvgIpc) is 3.31. The Morgan fingerprint density at radius 2 is 1.79 bits per heavy atom.